The molecule has 7 nitrogen and oxygen atoms in total. The molecule has 1 aliphatic rings. The van der Waals surface area contributed by atoms with Gasteiger partial charge in [-0.05, 0) is 31.2 Å². The molecular formula is C22H32N2O5S. The zero-order valence-corrected chi connectivity index (χ0v) is 18.7. The maximum absolute atomic E-state index is 13.2. The number of carboxylic acid groups (broad SMARTS) is 1. The van der Waals surface area contributed by atoms with Crippen molar-refractivity contribution in [3.8, 4) is 0 Å². The van der Waals surface area contributed by atoms with E-state index in [0.717, 1.165) is 5.56 Å². The summed E-state index contributed by atoms with van der Waals surface area (Å²) in [5.41, 5.74) is 1.10. The highest BCUT2D eigenvalue weighted by Gasteiger charge is 2.37. The lowest BCUT2D eigenvalue weighted by Gasteiger charge is -2.33. The molecule has 1 fully saturated rings. The number of rotatable bonds is 10. The predicted molar refractivity (Wildman–Crippen MR) is 117 cm³/mol. The second kappa shape index (κ2) is 12.0. The smallest absolute Gasteiger partial charge is 0.323 e. The Morgan fingerprint density at radius 2 is 1.97 bits per heavy atom. The number of aryl methyl sites for hydroxylation is 1. The summed E-state index contributed by atoms with van der Waals surface area (Å²) in [6.07, 6.45) is 1.16. The van der Waals surface area contributed by atoms with Gasteiger partial charge in [-0.2, -0.15) is 11.8 Å². The van der Waals surface area contributed by atoms with Crippen LogP contribution in [-0.2, 0) is 25.5 Å². The number of carbonyl (C=O) groups excluding carboxylic acids is 2. The fourth-order valence-electron chi connectivity index (χ4n) is 3.55. The Kier molecular flexibility index (Phi) is 9.65. The Hall–Kier alpha value is -2.06. The molecule has 1 amide bonds. The number of thioether (sulfide) groups is 1. The normalized spacial score (nSPS) is 20.7. The van der Waals surface area contributed by atoms with Crippen molar-refractivity contribution in [2.75, 3.05) is 24.7 Å². The fraction of sp³-hybridized carbons (Fsp3) is 0.591. The number of amides is 1. The summed E-state index contributed by atoms with van der Waals surface area (Å²) in [6.45, 7) is 5.65. The summed E-state index contributed by atoms with van der Waals surface area (Å²) in [4.78, 5) is 38.6. The lowest BCUT2D eigenvalue weighted by atomic mass is 10.0. The molecule has 1 saturated heterocycles. The highest BCUT2D eigenvalue weighted by molar-refractivity contribution is 7.99. The SMILES string of the molecule is CCOC(=O)[C@@H](CCc1ccccc1)NC1CSCC(C(C)C)N(CC(=O)O)C1=O. The number of esters is 1. The van der Waals surface area contributed by atoms with E-state index >= 15 is 0 Å². The van der Waals surface area contributed by atoms with Gasteiger partial charge in [-0.25, -0.2) is 0 Å². The molecular weight excluding hydrogens is 404 g/mol. The average Bonchev–Trinajstić information content (AvgIpc) is 2.85. The summed E-state index contributed by atoms with van der Waals surface area (Å²) in [5, 5.41) is 12.5. The van der Waals surface area contributed by atoms with Crippen LogP contribution in [0, 0.1) is 5.92 Å². The van der Waals surface area contributed by atoms with E-state index < -0.39 is 18.1 Å². The Balaban J connectivity index is 2.16. The molecule has 1 aliphatic heterocycles. The predicted octanol–water partition coefficient (Wildman–Crippen LogP) is 2.19. The summed E-state index contributed by atoms with van der Waals surface area (Å²) in [6, 6.07) is 8.40. The standard InChI is InChI=1S/C22H32N2O5S/c1-4-29-22(28)17(11-10-16-8-6-5-7-9-16)23-18-13-30-14-19(15(2)3)24(21(18)27)12-20(25)26/h5-9,15,17-19,23H,4,10-14H2,1-3H3,(H,25,26)/t17-,18?,19?/m1/s1. The van der Waals surface area contributed by atoms with E-state index in [1.54, 1.807) is 18.7 Å². The number of hydrogen-bond acceptors (Lipinski definition) is 6. The zero-order chi connectivity index (χ0) is 22.1. The number of nitrogens with zero attached hydrogens (tertiary/aromatic N) is 1. The van der Waals surface area contributed by atoms with Gasteiger partial charge in [-0.3, -0.25) is 19.7 Å². The number of nitrogens with one attached hydrogen (secondary N) is 1. The second-order valence-electron chi connectivity index (χ2n) is 7.76. The second-order valence-corrected chi connectivity index (χ2v) is 8.83. The van der Waals surface area contributed by atoms with Gasteiger partial charge in [0, 0.05) is 17.5 Å². The highest BCUT2D eigenvalue weighted by Crippen LogP contribution is 2.23. The van der Waals surface area contributed by atoms with Gasteiger partial charge in [-0.15, -0.1) is 0 Å². The highest BCUT2D eigenvalue weighted by atomic mass is 32.2. The maximum Gasteiger partial charge on any atom is 0.323 e. The summed E-state index contributed by atoms with van der Waals surface area (Å²) in [7, 11) is 0. The van der Waals surface area contributed by atoms with Gasteiger partial charge in [-0.1, -0.05) is 44.2 Å². The summed E-state index contributed by atoms with van der Waals surface area (Å²) in [5.74, 6) is -0.400. The Bertz CT molecular complexity index is 713. The van der Waals surface area contributed by atoms with E-state index in [0.29, 0.717) is 24.3 Å². The third-order valence-corrected chi connectivity index (χ3v) is 6.31. The van der Waals surface area contributed by atoms with Gasteiger partial charge in [0.2, 0.25) is 5.91 Å². The van der Waals surface area contributed by atoms with Crippen LogP contribution in [0.25, 0.3) is 0 Å². The van der Waals surface area contributed by atoms with Crippen molar-refractivity contribution in [2.45, 2.75) is 51.7 Å². The van der Waals surface area contributed by atoms with Crippen LogP contribution in [0.2, 0.25) is 0 Å². The van der Waals surface area contributed by atoms with Crippen LogP contribution in [0.1, 0.15) is 32.8 Å². The molecule has 1 heterocycles. The molecule has 0 radical (unpaired) electrons. The van der Waals surface area contributed by atoms with Gasteiger partial charge in [0.1, 0.15) is 12.6 Å². The zero-order valence-electron chi connectivity index (χ0n) is 17.9. The number of ether oxygens (including phenoxy) is 1. The first-order valence-corrected chi connectivity index (χ1v) is 11.6. The number of carboxylic acids is 1. The largest absolute Gasteiger partial charge is 0.480 e. The first-order valence-electron chi connectivity index (χ1n) is 10.4. The van der Waals surface area contributed by atoms with E-state index in [2.05, 4.69) is 5.32 Å². The molecule has 0 aromatic heterocycles. The van der Waals surface area contributed by atoms with Crippen LogP contribution in [0.15, 0.2) is 30.3 Å². The Morgan fingerprint density at radius 3 is 2.57 bits per heavy atom. The van der Waals surface area contributed by atoms with Gasteiger partial charge in [0.25, 0.3) is 0 Å². The van der Waals surface area contributed by atoms with Crippen LogP contribution in [0.5, 0.6) is 0 Å². The van der Waals surface area contributed by atoms with Crippen LogP contribution in [-0.4, -0.2) is 70.6 Å². The minimum atomic E-state index is -1.04. The molecule has 3 atom stereocenters. The molecule has 166 valence electrons. The molecule has 0 spiro atoms. The van der Waals surface area contributed by atoms with Crippen LogP contribution >= 0.6 is 11.8 Å². The van der Waals surface area contributed by atoms with Crippen molar-refractivity contribution in [3.63, 3.8) is 0 Å². The van der Waals surface area contributed by atoms with Crippen LogP contribution in [0.3, 0.4) is 0 Å². The topological polar surface area (TPSA) is 95.9 Å². The number of benzene rings is 1. The molecule has 1 aromatic rings. The molecule has 0 saturated carbocycles. The van der Waals surface area contributed by atoms with Crippen molar-refractivity contribution in [2.24, 2.45) is 5.92 Å². The van der Waals surface area contributed by atoms with Crippen molar-refractivity contribution >= 4 is 29.6 Å². The first kappa shape index (κ1) is 24.2. The van der Waals surface area contributed by atoms with Crippen molar-refractivity contribution in [1.29, 1.82) is 0 Å². The van der Waals surface area contributed by atoms with Crippen LogP contribution < -0.4 is 5.32 Å². The van der Waals surface area contributed by atoms with Gasteiger partial charge in [0.15, 0.2) is 0 Å². The van der Waals surface area contributed by atoms with E-state index in [1.165, 1.54) is 4.90 Å². The van der Waals surface area contributed by atoms with Crippen molar-refractivity contribution in [3.05, 3.63) is 35.9 Å². The van der Waals surface area contributed by atoms with Gasteiger partial charge < -0.3 is 14.7 Å². The number of aliphatic carboxylic acids is 1. The summed E-state index contributed by atoms with van der Waals surface area (Å²) >= 11 is 1.61. The van der Waals surface area contributed by atoms with E-state index in [-0.39, 0.29) is 37.0 Å². The maximum atomic E-state index is 13.2. The molecule has 1 aromatic carbocycles. The Morgan fingerprint density at radius 1 is 1.27 bits per heavy atom. The monoisotopic (exact) mass is 436 g/mol. The molecule has 30 heavy (non-hydrogen) atoms. The van der Waals surface area contributed by atoms with Gasteiger partial charge >= 0.3 is 11.9 Å². The quantitative estimate of drug-likeness (QED) is 0.543. The summed E-state index contributed by atoms with van der Waals surface area (Å²) < 4.78 is 5.22. The lowest BCUT2D eigenvalue weighted by molar-refractivity contribution is -0.149. The lowest BCUT2D eigenvalue weighted by Crippen LogP contribution is -2.56. The average molecular weight is 437 g/mol. The number of hydrogen-bond donors (Lipinski definition) is 2. The third kappa shape index (κ3) is 7.02. The number of carbonyl (C=O) groups is 3. The minimum Gasteiger partial charge on any atom is -0.480 e. The molecule has 2 unspecified atom stereocenters. The van der Waals surface area contributed by atoms with E-state index in [9.17, 15) is 19.5 Å². The molecule has 2 N–H and O–H groups in total. The fourth-order valence-corrected chi connectivity index (χ4v) is 4.97. The van der Waals surface area contributed by atoms with Crippen molar-refractivity contribution < 1.29 is 24.2 Å². The van der Waals surface area contributed by atoms with Crippen LogP contribution in [0.4, 0.5) is 0 Å². The molecule has 0 aliphatic carbocycles. The third-order valence-electron chi connectivity index (χ3n) is 5.17. The first-order chi connectivity index (χ1) is 14.3. The van der Waals surface area contributed by atoms with E-state index in [4.69, 9.17) is 4.74 Å². The van der Waals surface area contributed by atoms with Crippen molar-refractivity contribution in [1.82, 2.24) is 10.2 Å². The molecule has 0 bridgehead atoms. The van der Waals surface area contributed by atoms with E-state index in [1.807, 2.05) is 44.2 Å². The minimum absolute atomic E-state index is 0.137. The van der Waals surface area contributed by atoms with Gasteiger partial charge in [0.05, 0.1) is 12.6 Å². The Labute approximate surface area is 182 Å². The molecule has 2 rings (SSSR count). The molecule has 8 heteroatoms.